The average Bonchev–Trinajstić information content (AvgIpc) is 3.29. The maximum atomic E-state index is 12.2. The summed E-state index contributed by atoms with van der Waals surface area (Å²) in [4.78, 5) is 15.2. The van der Waals surface area contributed by atoms with Gasteiger partial charge in [0.25, 0.3) is 0 Å². The first-order valence-corrected chi connectivity index (χ1v) is 8.78. The number of pyridine rings is 1. The van der Waals surface area contributed by atoms with Gasteiger partial charge in [0.1, 0.15) is 5.75 Å². The number of rotatable bonds is 5. The molecule has 0 saturated heterocycles. The number of hydrogen-bond acceptors (Lipinski definition) is 5. The standard InChI is InChI=1S/C18H16N4O2S/c1-11-8-17-20-21-18(25-10-16(23)14-4-3-7-19-14)22(17)15-9-12(24-2)5-6-13(11)15/h3-9,19H,10H2,1-2H3. The third kappa shape index (κ3) is 2.76. The van der Waals surface area contributed by atoms with Crippen LogP contribution in [0.15, 0.2) is 47.8 Å². The minimum Gasteiger partial charge on any atom is -0.497 e. The lowest BCUT2D eigenvalue weighted by Crippen LogP contribution is -2.03. The molecule has 0 atom stereocenters. The Morgan fingerprint density at radius 2 is 2.16 bits per heavy atom. The highest BCUT2D eigenvalue weighted by Gasteiger charge is 2.15. The molecule has 3 heterocycles. The van der Waals surface area contributed by atoms with Gasteiger partial charge < -0.3 is 9.72 Å². The third-order valence-corrected chi connectivity index (χ3v) is 5.03. The average molecular weight is 352 g/mol. The van der Waals surface area contributed by atoms with Gasteiger partial charge in [-0.3, -0.25) is 9.20 Å². The number of nitrogens with one attached hydrogen (secondary N) is 1. The van der Waals surface area contributed by atoms with Crippen LogP contribution >= 0.6 is 11.8 Å². The number of H-pyrrole nitrogens is 1. The highest BCUT2D eigenvalue weighted by Crippen LogP contribution is 2.28. The number of carbonyl (C=O) groups excluding carboxylic acids is 1. The van der Waals surface area contributed by atoms with Crippen molar-refractivity contribution >= 4 is 34.1 Å². The molecule has 0 spiro atoms. The molecule has 0 amide bonds. The molecule has 25 heavy (non-hydrogen) atoms. The van der Waals surface area contributed by atoms with E-state index in [1.807, 2.05) is 41.7 Å². The van der Waals surface area contributed by atoms with Gasteiger partial charge in [-0.25, -0.2) is 0 Å². The van der Waals surface area contributed by atoms with Crippen molar-refractivity contribution in [2.45, 2.75) is 12.1 Å². The predicted molar refractivity (Wildman–Crippen MR) is 97.6 cm³/mol. The summed E-state index contributed by atoms with van der Waals surface area (Å²) in [5.74, 6) is 1.09. The van der Waals surface area contributed by atoms with Gasteiger partial charge in [0.15, 0.2) is 16.6 Å². The summed E-state index contributed by atoms with van der Waals surface area (Å²) < 4.78 is 7.33. The van der Waals surface area contributed by atoms with Crippen LogP contribution < -0.4 is 4.74 Å². The van der Waals surface area contributed by atoms with E-state index in [0.29, 0.717) is 16.6 Å². The molecular formula is C18H16N4O2S. The largest absolute Gasteiger partial charge is 0.497 e. The lowest BCUT2D eigenvalue weighted by atomic mass is 10.1. The van der Waals surface area contributed by atoms with Crippen LogP contribution in [0.1, 0.15) is 16.1 Å². The summed E-state index contributed by atoms with van der Waals surface area (Å²) in [5.41, 5.74) is 3.45. The molecule has 4 aromatic rings. The number of aryl methyl sites for hydroxylation is 1. The Balaban J connectivity index is 1.76. The van der Waals surface area contributed by atoms with Gasteiger partial charge >= 0.3 is 0 Å². The van der Waals surface area contributed by atoms with Crippen LogP contribution in [0.4, 0.5) is 0 Å². The fourth-order valence-corrected chi connectivity index (χ4v) is 3.67. The first kappa shape index (κ1) is 15.7. The van der Waals surface area contributed by atoms with Gasteiger partial charge in [-0.15, -0.1) is 10.2 Å². The first-order chi connectivity index (χ1) is 12.2. The smallest absolute Gasteiger partial charge is 0.196 e. The molecule has 0 aliphatic rings. The van der Waals surface area contributed by atoms with Crippen molar-refractivity contribution in [3.05, 3.63) is 53.9 Å². The van der Waals surface area contributed by atoms with E-state index in [4.69, 9.17) is 4.74 Å². The Bertz CT molecular complexity index is 1070. The van der Waals surface area contributed by atoms with Crippen LogP contribution in [-0.2, 0) is 0 Å². The number of benzene rings is 1. The molecule has 0 saturated carbocycles. The molecule has 0 radical (unpaired) electrons. The number of methoxy groups -OCH3 is 1. The minimum atomic E-state index is 0.0285. The lowest BCUT2D eigenvalue weighted by Gasteiger charge is -2.09. The number of ketones is 1. The van der Waals surface area contributed by atoms with Gasteiger partial charge in [-0.2, -0.15) is 0 Å². The van der Waals surface area contributed by atoms with Crippen molar-refractivity contribution in [1.29, 1.82) is 0 Å². The maximum Gasteiger partial charge on any atom is 0.196 e. The number of aromatic amines is 1. The molecule has 0 fully saturated rings. The molecule has 0 unspecified atom stereocenters. The predicted octanol–water partition coefficient (Wildman–Crippen LogP) is 3.50. The van der Waals surface area contributed by atoms with Crippen molar-refractivity contribution in [3.63, 3.8) is 0 Å². The van der Waals surface area contributed by atoms with Gasteiger partial charge in [0.2, 0.25) is 0 Å². The van der Waals surface area contributed by atoms with Crippen molar-refractivity contribution in [1.82, 2.24) is 19.6 Å². The van der Waals surface area contributed by atoms with E-state index in [1.54, 1.807) is 19.4 Å². The fraction of sp³-hybridized carbons (Fsp3) is 0.167. The van der Waals surface area contributed by atoms with Crippen LogP contribution in [0.2, 0.25) is 0 Å². The summed E-state index contributed by atoms with van der Waals surface area (Å²) in [6.45, 7) is 2.05. The topological polar surface area (TPSA) is 72.3 Å². The molecule has 0 aliphatic heterocycles. The Morgan fingerprint density at radius 3 is 2.92 bits per heavy atom. The zero-order chi connectivity index (χ0) is 17.4. The highest BCUT2D eigenvalue weighted by atomic mass is 32.2. The van der Waals surface area contributed by atoms with Crippen LogP contribution in [0.3, 0.4) is 0 Å². The normalized spacial score (nSPS) is 11.3. The van der Waals surface area contributed by atoms with E-state index in [9.17, 15) is 4.79 Å². The quantitative estimate of drug-likeness (QED) is 0.440. The highest BCUT2D eigenvalue weighted by molar-refractivity contribution is 7.99. The SMILES string of the molecule is COc1ccc2c(C)cc3nnc(SCC(=O)c4ccc[nH]4)n3c2c1. The molecule has 6 nitrogen and oxygen atoms in total. The zero-order valence-electron chi connectivity index (χ0n) is 13.8. The number of fused-ring (bicyclic) bond motifs is 3. The molecule has 7 heteroatoms. The van der Waals surface area contributed by atoms with Crippen LogP contribution in [0.5, 0.6) is 5.75 Å². The second-order valence-corrected chi connectivity index (χ2v) is 6.62. The van der Waals surface area contributed by atoms with Crippen LogP contribution in [-0.4, -0.2) is 38.2 Å². The van der Waals surface area contributed by atoms with Crippen molar-refractivity contribution in [2.24, 2.45) is 0 Å². The maximum absolute atomic E-state index is 12.2. The molecule has 4 rings (SSSR count). The first-order valence-electron chi connectivity index (χ1n) is 7.79. The number of ether oxygens (including phenoxy) is 1. The van der Waals surface area contributed by atoms with E-state index in [0.717, 1.165) is 27.9 Å². The number of aromatic nitrogens is 4. The summed E-state index contributed by atoms with van der Waals surface area (Å²) in [7, 11) is 1.64. The van der Waals surface area contributed by atoms with Gasteiger partial charge in [-0.05, 0) is 42.8 Å². The number of hydrogen-bond donors (Lipinski definition) is 1. The molecule has 0 bridgehead atoms. The van der Waals surface area contributed by atoms with Crippen molar-refractivity contribution < 1.29 is 9.53 Å². The molecular weight excluding hydrogens is 336 g/mol. The second kappa shape index (κ2) is 6.25. The minimum absolute atomic E-state index is 0.0285. The Hall–Kier alpha value is -2.80. The van der Waals surface area contributed by atoms with E-state index >= 15 is 0 Å². The van der Waals surface area contributed by atoms with Gasteiger partial charge in [-0.1, -0.05) is 11.8 Å². The summed E-state index contributed by atoms with van der Waals surface area (Å²) in [6, 6.07) is 11.5. The number of Topliss-reactive ketones (excluding diaryl/α,β-unsaturated/α-hetero) is 1. The number of nitrogens with zero attached hydrogens (tertiary/aromatic N) is 3. The molecule has 126 valence electrons. The number of carbonyl (C=O) groups is 1. The second-order valence-electron chi connectivity index (χ2n) is 5.68. The Kier molecular flexibility index (Phi) is 3.93. The van der Waals surface area contributed by atoms with E-state index < -0.39 is 0 Å². The van der Waals surface area contributed by atoms with E-state index in [2.05, 4.69) is 15.2 Å². The zero-order valence-corrected chi connectivity index (χ0v) is 14.6. The molecule has 1 aromatic carbocycles. The molecule has 0 aliphatic carbocycles. The van der Waals surface area contributed by atoms with Crippen molar-refractivity contribution in [3.8, 4) is 5.75 Å². The Morgan fingerprint density at radius 1 is 1.28 bits per heavy atom. The Labute approximate surface area is 148 Å². The molecule has 1 N–H and O–H groups in total. The van der Waals surface area contributed by atoms with E-state index in [1.165, 1.54) is 11.8 Å². The summed E-state index contributed by atoms with van der Waals surface area (Å²) in [6.07, 6.45) is 1.74. The van der Waals surface area contributed by atoms with Crippen LogP contribution in [0.25, 0.3) is 16.6 Å². The van der Waals surface area contributed by atoms with Crippen molar-refractivity contribution in [2.75, 3.05) is 12.9 Å². The number of thioether (sulfide) groups is 1. The third-order valence-electron chi connectivity index (χ3n) is 4.11. The monoisotopic (exact) mass is 352 g/mol. The molecule has 3 aromatic heterocycles. The van der Waals surface area contributed by atoms with E-state index in [-0.39, 0.29) is 5.78 Å². The lowest BCUT2D eigenvalue weighted by molar-refractivity contribution is 0.101. The van der Waals surface area contributed by atoms with Crippen LogP contribution in [0, 0.1) is 6.92 Å². The fourth-order valence-electron chi connectivity index (χ4n) is 2.83. The summed E-state index contributed by atoms with van der Waals surface area (Å²) in [5, 5.41) is 10.3. The summed E-state index contributed by atoms with van der Waals surface area (Å²) >= 11 is 1.38. The van der Waals surface area contributed by atoms with Gasteiger partial charge in [0.05, 0.1) is 24.1 Å². The van der Waals surface area contributed by atoms with Gasteiger partial charge in [0, 0.05) is 17.6 Å².